The highest BCUT2D eigenvalue weighted by molar-refractivity contribution is 5.67. The van der Waals surface area contributed by atoms with Crippen LogP contribution < -0.4 is 0 Å². The highest BCUT2D eigenvalue weighted by atomic mass is 16.5. The Kier molecular flexibility index (Phi) is 5.76. The molecule has 0 aliphatic carbocycles. The second-order valence-electron chi connectivity index (χ2n) is 4.95. The number of carboxylic acid groups (broad SMARTS) is 1. The van der Waals surface area contributed by atoms with E-state index in [2.05, 4.69) is 16.7 Å². The zero-order valence-corrected chi connectivity index (χ0v) is 11.8. The first-order chi connectivity index (χ1) is 10.2. The molecule has 0 bridgehead atoms. The van der Waals surface area contributed by atoms with Crippen LogP contribution in [0.25, 0.3) is 0 Å². The van der Waals surface area contributed by atoms with E-state index in [1.54, 1.807) is 0 Å². The van der Waals surface area contributed by atoms with Crippen LogP contribution in [0.15, 0.2) is 24.3 Å². The van der Waals surface area contributed by atoms with Crippen LogP contribution in [-0.2, 0) is 16.1 Å². The monoisotopic (exact) mass is 289 g/mol. The Morgan fingerprint density at radius 3 is 2.81 bits per heavy atom. The average molecular weight is 289 g/mol. The number of hydrogen-bond donors (Lipinski definition) is 2. The molecule has 1 aliphatic rings. The minimum atomic E-state index is -0.801. The van der Waals surface area contributed by atoms with Gasteiger partial charge in [0, 0.05) is 24.7 Å². The number of aliphatic carboxylic acids is 1. The van der Waals surface area contributed by atoms with Gasteiger partial charge in [0.25, 0.3) is 0 Å². The zero-order valence-electron chi connectivity index (χ0n) is 11.8. The standard InChI is InChI=1S/C16H19NO4/c18-8-1-2-13-3-5-14(6-4-13)11-17-7-9-21-12-15(17)10-16(19)20/h3-6,15,18H,7-12H2,(H,19,20)/t15-/m1/s1. The van der Waals surface area contributed by atoms with E-state index in [1.807, 2.05) is 24.3 Å². The Morgan fingerprint density at radius 1 is 1.38 bits per heavy atom. The molecule has 0 amide bonds. The molecule has 1 aromatic carbocycles. The average Bonchev–Trinajstić information content (AvgIpc) is 2.48. The molecule has 0 unspecified atom stereocenters. The summed E-state index contributed by atoms with van der Waals surface area (Å²) < 4.78 is 5.37. The van der Waals surface area contributed by atoms with E-state index in [-0.39, 0.29) is 19.1 Å². The smallest absolute Gasteiger partial charge is 0.305 e. The van der Waals surface area contributed by atoms with Gasteiger partial charge in [0.05, 0.1) is 19.6 Å². The summed E-state index contributed by atoms with van der Waals surface area (Å²) in [5, 5.41) is 17.6. The molecule has 1 aliphatic heterocycles. The SMILES string of the molecule is O=C(O)C[C@@H]1COCCN1Cc1ccc(C#CCO)cc1. The van der Waals surface area contributed by atoms with Crippen molar-refractivity contribution in [3.63, 3.8) is 0 Å². The lowest BCUT2D eigenvalue weighted by Gasteiger charge is -2.34. The molecule has 0 saturated carbocycles. The molecule has 2 N–H and O–H groups in total. The number of hydrogen-bond acceptors (Lipinski definition) is 4. The van der Waals surface area contributed by atoms with Gasteiger partial charge in [0.1, 0.15) is 6.61 Å². The van der Waals surface area contributed by atoms with E-state index in [1.165, 1.54) is 0 Å². The fourth-order valence-electron chi connectivity index (χ4n) is 2.36. The van der Waals surface area contributed by atoms with Crippen LogP contribution in [0, 0.1) is 11.8 Å². The van der Waals surface area contributed by atoms with Crippen LogP contribution in [0.1, 0.15) is 17.5 Å². The molecule has 2 rings (SSSR count). The number of benzene rings is 1. The first kappa shape index (κ1) is 15.5. The van der Waals surface area contributed by atoms with Crippen molar-refractivity contribution < 1.29 is 19.7 Å². The van der Waals surface area contributed by atoms with E-state index in [4.69, 9.17) is 14.9 Å². The summed E-state index contributed by atoms with van der Waals surface area (Å²) in [6.45, 7) is 2.40. The van der Waals surface area contributed by atoms with Crippen molar-refractivity contribution in [1.29, 1.82) is 0 Å². The Bertz CT molecular complexity index is 529. The van der Waals surface area contributed by atoms with Gasteiger partial charge < -0.3 is 14.9 Å². The summed E-state index contributed by atoms with van der Waals surface area (Å²) in [6.07, 6.45) is 0.0973. The fraction of sp³-hybridized carbons (Fsp3) is 0.438. The number of aliphatic hydroxyl groups excluding tert-OH is 1. The Morgan fingerprint density at radius 2 is 2.14 bits per heavy atom. The summed E-state index contributed by atoms with van der Waals surface area (Å²) in [5.74, 6) is 4.66. The summed E-state index contributed by atoms with van der Waals surface area (Å²) in [5.41, 5.74) is 1.97. The number of nitrogens with zero attached hydrogens (tertiary/aromatic N) is 1. The Labute approximate surface area is 124 Å². The minimum absolute atomic E-state index is 0.0786. The number of morpholine rings is 1. The third kappa shape index (κ3) is 4.87. The largest absolute Gasteiger partial charge is 0.481 e. The van der Waals surface area contributed by atoms with Gasteiger partial charge in [-0.25, -0.2) is 0 Å². The molecule has 112 valence electrons. The number of ether oxygens (including phenoxy) is 1. The predicted octanol–water partition coefficient (Wildman–Crippen LogP) is 0.706. The summed E-state index contributed by atoms with van der Waals surface area (Å²) in [7, 11) is 0. The van der Waals surface area contributed by atoms with Crippen molar-refractivity contribution >= 4 is 5.97 Å². The van der Waals surface area contributed by atoms with Gasteiger partial charge in [-0.15, -0.1) is 0 Å². The van der Waals surface area contributed by atoms with E-state index in [0.29, 0.717) is 19.8 Å². The van der Waals surface area contributed by atoms with Crippen molar-refractivity contribution in [2.75, 3.05) is 26.4 Å². The van der Waals surface area contributed by atoms with Crippen molar-refractivity contribution in [1.82, 2.24) is 4.90 Å². The lowest BCUT2D eigenvalue weighted by molar-refractivity contribution is -0.140. The Hall–Kier alpha value is -1.87. The van der Waals surface area contributed by atoms with Gasteiger partial charge in [0.2, 0.25) is 0 Å². The molecule has 21 heavy (non-hydrogen) atoms. The summed E-state index contributed by atoms with van der Waals surface area (Å²) in [4.78, 5) is 13.0. The number of carbonyl (C=O) groups is 1. The molecular formula is C16H19NO4. The third-order valence-electron chi connectivity index (χ3n) is 3.41. The number of aliphatic hydroxyl groups is 1. The van der Waals surface area contributed by atoms with Crippen molar-refractivity contribution in [2.45, 2.75) is 19.0 Å². The second kappa shape index (κ2) is 7.79. The van der Waals surface area contributed by atoms with Crippen molar-refractivity contribution in [2.24, 2.45) is 0 Å². The molecular weight excluding hydrogens is 270 g/mol. The normalized spacial score (nSPS) is 18.8. The van der Waals surface area contributed by atoms with E-state index >= 15 is 0 Å². The van der Waals surface area contributed by atoms with Gasteiger partial charge >= 0.3 is 5.97 Å². The van der Waals surface area contributed by atoms with Gasteiger partial charge in [-0.2, -0.15) is 0 Å². The first-order valence-electron chi connectivity index (χ1n) is 6.91. The van der Waals surface area contributed by atoms with Crippen LogP contribution in [-0.4, -0.2) is 53.5 Å². The maximum absolute atomic E-state index is 10.9. The van der Waals surface area contributed by atoms with Crippen LogP contribution in [0.2, 0.25) is 0 Å². The van der Waals surface area contributed by atoms with E-state index in [9.17, 15) is 4.79 Å². The second-order valence-corrected chi connectivity index (χ2v) is 4.95. The molecule has 0 radical (unpaired) electrons. The number of rotatable bonds is 4. The maximum Gasteiger partial charge on any atom is 0.305 e. The topological polar surface area (TPSA) is 70.0 Å². The van der Waals surface area contributed by atoms with Crippen LogP contribution in [0.3, 0.4) is 0 Å². The fourth-order valence-corrected chi connectivity index (χ4v) is 2.36. The molecule has 5 nitrogen and oxygen atoms in total. The van der Waals surface area contributed by atoms with Crippen molar-refractivity contribution in [3.05, 3.63) is 35.4 Å². The summed E-state index contributed by atoms with van der Waals surface area (Å²) >= 11 is 0. The molecule has 5 heteroatoms. The molecule has 0 aromatic heterocycles. The van der Waals surface area contributed by atoms with Crippen LogP contribution >= 0.6 is 0 Å². The van der Waals surface area contributed by atoms with Gasteiger partial charge in [-0.1, -0.05) is 24.0 Å². The van der Waals surface area contributed by atoms with Gasteiger partial charge in [-0.05, 0) is 17.7 Å². The highest BCUT2D eigenvalue weighted by Crippen LogP contribution is 2.15. The van der Waals surface area contributed by atoms with Crippen molar-refractivity contribution in [3.8, 4) is 11.8 Å². The lowest BCUT2D eigenvalue weighted by atomic mass is 10.1. The molecule has 1 heterocycles. The van der Waals surface area contributed by atoms with E-state index < -0.39 is 5.97 Å². The molecule has 0 spiro atoms. The highest BCUT2D eigenvalue weighted by Gasteiger charge is 2.25. The third-order valence-corrected chi connectivity index (χ3v) is 3.41. The summed E-state index contributed by atoms with van der Waals surface area (Å²) in [6, 6.07) is 7.70. The van der Waals surface area contributed by atoms with Crippen LogP contribution in [0.5, 0.6) is 0 Å². The molecule has 1 fully saturated rings. The molecule has 1 aromatic rings. The first-order valence-corrected chi connectivity index (χ1v) is 6.91. The van der Waals surface area contributed by atoms with Crippen LogP contribution in [0.4, 0.5) is 0 Å². The Balaban J connectivity index is 1.99. The van der Waals surface area contributed by atoms with Gasteiger partial charge in [-0.3, -0.25) is 9.69 Å². The number of carboxylic acids is 1. The maximum atomic E-state index is 10.9. The van der Waals surface area contributed by atoms with E-state index in [0.717, 1.165) is 17.7 Å². The zero-order chi connectivity index (χ0) is 15.1. The predicted molar refractivity (Wildman–Crippen MR) is 77.7 cm³/mol. The molecule has 1 atom stereocenters. The molecule has 1 saturated heterocycles. The lowest BCUT2D eigenvalue weighted by Crippen LogP contribution is -2.45. The quantitative estimate of drug-likeness (QED) is 0.799. The van der Waals surface area contributed by atoms with Gasteiger partial charge in [0.15, 0.2) is 0 Å². The minimum Gasteiger partial charge on any atom is -0.481 e.